The number of nitrogens with one attached hydrogen (secondary N) is 1. The van der Waals surface area contributed by atoms with Gasteiger partial charge in [-0.1, -0.05) is 18.3 Å². The fourth-order valence-electron chi connectivity index (χ4n) is 3.46. The maximum atomic E-state index is 12.2. The van der Waals surface area contributed by atoms with Crippen molar-refractivity contribution >= 4 is 16.3 Å². The standard InChI is InChI=1S/C14H19N5OS/c1-2-12-17-19-13(20)5-10(16-14(19)21-12)8-18-4-3-9-6-15-7-11(9)18/h5,9,11,15H,2-4,6-8H2,1H3/t9-,11+/m0/s1. The fourth-order valence-corrected chi connectivity index (χ4v) is 4.32. The highest BCUT2D eigenvalue weighted by molar-refractivity contribution is 7.16. The number of likely N-dealkylation sites (tertiary alicyclic amines) is 1. The summed E-state index contributed by atoms with van der Waals surface area (Å²) in [6, 6.07) is 2.25. The Kier molecular flexibility index (Phi) is 3.28. The summed E-state index contributed by atoms with van der Waals surface area (Å²) in [7, 11) is 0. The number of fused-ring (bicyclic) bond motifs is 2. The van der Waals surface area contributed by atoms with Crippen LogP contribution in [0.15, 0.2) is 10.9 Å². The van der Waals surface area contributed by atoms with Crippen molar-refractivity contribution in [2.45, 2.75) is 32.4 Å². The number of hydrogen-bond donors (Lipinski definition) is 1. The predicted molar refractivity (Wildman–Crippen MR) is 81.7 cm³/mol. The van der Waals surface area contributed by atoms with E-state index < -0.39 is 0 Å². The van der Waals surface area contributed by atoms with Gasteiger partial charge in [-0.15, -0.1) is 0 Å². The summed E-state index contributed by atoms with van der Waals surface area (Å²) in [6.45, 7) is 6.12. The molecule has 0 saturated carbocycles. The Morgan fingerprint density at radius 1 is 1.48 bits per heavy atom. The molecule has 2 aromatic rings. The molecular formula is C14H19N5OS. The molecule has 2 atom stereocenters. The average Bonchev–Trinajstić information content (AvgIpc) is 3.15. The van der Waals surface area contributed by atoms with Crippen LogP contribution in [0.2, 0.25) is 0 Å². The van der Waals surface area contributed by atoms with E-state index in [2.05, 4.69) is 20.3 Å². The van der Waals surface area contributed by atoms with Gasteiger partial charge in [0.25, 0.3) is 5.56 Å². The lowest BCUT2D eigenvalue weighted by atomic mass is 10.1. The van der Waals surface area contributed by atoms with Crippen LogP contribution in [0, 0.1) is 5.92 Å². The number of nitrogens with zero attached hydrogens (tertiary/aromatic N) is 4. The maximum Gasteiger partial charge on any atom is 0.275 e. The molecular weight excluding hydrogens is 286 g/mol. The normalized spacial score (nSPS) is 25.8. The topological polar surface area (TPSA) is 62.5 Å². The Morgan fingerprint density at radius 3 is 3.24 bits per heavy atom. The van der Waals surface area contributed by atoms with Crippen LogP contribution in [-0.4, -0.2) is 45.2 Å². The van der Waals surface area contributed by atoms with Gasteiger partial charge >= 0.3 is 0 Å². The highest BCUT2D eigenvalue weighted by Crippen LogP contribution is 2.28. The van der Waals surface area contributed by atoms with Crippen molar-refractivity contribution in [1.82, 2.24) is 24.8 Å². The van der Waals surface area contributed by atoms with Gasteiger partial charge in [0, 0.05) is 25.2 Å². The molecule has 2 aliphatic heterocycles. The zero-order chi connectivity index (χ0) is 14.4. The molecule has 0 aliphatic carbocycles. The molecule has 0 radical (unpaired) electrons. The van der Waals surface area contributed by atoms with E-state index in [0.717, 1.165) is 54.2 Å². The minimum atomic E-state index is -0.0637. The first-order chi connectivity index (χ1) is 10.2. The summed E-state index contributed by atoms with van der Waals surface area (Å²) < 4.78 is 1.43. The zero-order valence-corrected chi connectivity index (χ0v) is 12.9. The summed E-state index contributed by atoms with van der Waals surface area (Å²) in [5.41, 5.74) is 0.810. The summed E-state index contributed by atoms with van der Waals surface area (Å²) in [5.74, 6) is 0.768. The summed E-state index contributed by atoms with van der Waals surface area (Å²) in [4.78, 5) is 20.0. The van der Waals surface area contributed by atoms with Gasteiger partial charge in [0.2, 0.25) is 4.96 Å². The van der Waals surface area contributed by atoms with Crippen LogP contribution >= 0.6 is 11.3 Å². The van der Waals surface area contributed by atoms with Crippen LogP contribution in [0.4, 0.5) is 0 Å². The van der Waals surface area contributed by atoms with Crippen LogP contribution < -0.4 is 10.9 Å². The Balaban J connectivity index is 1.63. The third kappa shape index (κ3) is 2.29. The molecule has 0 aromatic carbocycles. The molecule has 6 nitrogen and oxygen atoms in total. The second kappa shape index (κ2) is 5.15. The molecule has 0 amide bonds. The lowest BCUT2D eigenvalue weighted by molar-refractivity contribution is 0.241. The first-order valence-electron chi connectivity index (χ1n) is 7.58. The monoisotopic (exact) mass is 305 g/mol. The van der Waals surface area contributed by atoms with Crippen molar-refractivity contribution in [3.63, 3.8) is 0 Å². The van der Waals surface area contributed by atoms with Crippen LogP contribution in [0.3, 0.4) is 0 Å². The van der Waals surface area contributed by atoms with Crippen molar-refractivity contribution in [2.24, 2.45) is 5.92 Å². The Hall–Kier alpha value is -1.31. The van der Waals surface area contributed by atoms with Gasteiger partial charge in [-0.05, 0) is 31.8 Å². The van der Waals surface area contributed by atoms with Gasteiger partial charge in [-0.2, -0.15) is 9.61 Å². The molecule has 0 bridgehead atoms. The molecule has 2 aromatic heterocycles. The third-order valence-corrected chi connectivity index (χ3v) is 5.62. The first kappa shape index (κ1) is 13.4. The molecule has 2 saturated heterocycles. The van der Waals surface area contributed by atoms with E-state index in [0.29, 0.717) is 6.04 Å². The van der Waals surface area contributed by atoms with Crippen LogP contribution in [-0.2, 0) is 13.0 Å². The van der Waals surface area contributed by atoms with E-state index >= 15 is 0 Å². The second-order valence-corrected chi connectivity index (χ2v) is 6.91. The smallest absolute Gasteiger partial charge is 0.275 e. The van der Waals surface area contributed by atoms with Crippen molar-refractivity contribution < 1.29 is 0 Å². The second-order valence-electron chi connectivity index (χ2n) is 5.87. The Labute approximate surface area is 126 Å². The van der Waals surface area contributed by atoms with Crippen molar-refractivity contribution in [3.8, 4) is 0 Å². The molecule has 4 rings (SSSR count). The predicted octanol–water partition coefficient (Wildman–Crippen LogP) is 0.507. The molecule has 2 aliphatic rings. The molecule has 7 heteroatoms. The lowest BCUT2D eigenvalue weighted by Crippen LogP contribution is -2.34. The fraction of sp³-hybridized carbons (Fsp3) is 0.643. The molecule has 21 heavy (non-hydrogen) atoms. The zero-order valence-electron chi connectivity index (χ0n) is 12.1. The quantitative estimate of drug-likeness (QED) is 0.895. The van der Waals surface area contributed by atoms with E-state index in [1.807, 2.05) is 6.92 Å². The lowest BCUT2D eigenvalue weighted by Gasteiger charge is -2.22. The summed E-state index contributed by atoms with van der Waals surface area (Å²) in [6.07, 6.45) is 2.09. The van der Waals surface area contributed by atoms with Gasteiger partial charge < -0.3 is 5.32 Å². The minimum Gasteiger partial charge on any atom is -0.315 e. The summed E-state index contributed by atoms with van der Waals surface area (Å²) >= 11 is 1.51. The van der Waals surface area contributed by atoms with Crippen molar-refractivity contribution in [1.29, 1.82) is 0 Å². The maximum absolute atomic E-state index is 12.2. The van der Waals surface area contributed by atoms with E-state index in [1.165, 1.54) is 22.3 Å². The van der Waals surface area contributed by atoms with Crippen LogP contribution in [0.1, 0.15) is 24.0 Å². The molecule has 4 heterocycles. The van der Waals surface area contributed by atoms with Gasteiger partial charge in [0.15, 0.2) is 0 Å². The number of aryl methyl sites for hydroxylation is 1. The molecule has 2 fully saturated rings. The van der Waals surface area contributed by atoms with Gasteiger partial charge in [0.1, 0.15) is 5.01 Å². The minimum absolute atomic E-state index is 0.0637. The van der Waals surface area contributed by atoms with Gasteiger partial charge in [0.05, 0.1) is 5.69 Å². The largest absolute Gasteiger partial charge is 0.315 e. The average molecular weight is 305 g/mol. The van der Waals surface area contributed by atoms with Crippen molar-refractivity contribution in [2.75, 3.05) is 19.6 Å². The first-order valence-corrected chi connectivity index (χ1v) is 8.39. The highest BCUT2D eigenvalue weighted by Gasteiger charge is 2.37. The van der Waals surface area contributed by atoms with E-state index in [4.69, 9.17) is 0 Å². The summed E-state index contributed by atoms with van der Waals surface area (Å²) in [5, 5.41) is 8.71. The van der Waals surface area contributed by atoms with Crippen molar-refractivity contribution in [3.05, 3.63) is 27.1 Å². The number of hydrogen-bond acceptors (Lipinski definition) is 6. The van der Waals surface area contributed by atoms with Gasteiger partial charge in [-0.25, -0.2) is 4.98 Å². The molecule has 0 spiro atoms. The van der Waals surface area contributed by atoms with E-state index in [1.54, 1.807) is 6.07 Å². The molecule has 112 valence electrons. The van der Waals surface area contributed by atoms with Crippen LogP contribution in [0.5, 0.6) is 0 Å². The molecule has 0 unspecified atom stereocenters. The van der Waals surface area contributed by atoms with Gasteiger partial charge in [-0.3, -0.25) is 9.69 Å². The Bertz CT molecular complexity index is 724. The SMILES string of the molecule is CCc1nn2c(=O)cc(CN3CC[C@H]4CNC[C@H]43)nc2s1. The highest BCUT2D eigenvalue weighted by atomic mass is 32.1. The van der Waals surface area contributed by atoms with E-state index in [9.17, 15) is 4.79 Å². The third-order valence-electron chi connectivity index (χ3n) is 4.57. The molecule has 1 N–H and O–H groups in total. The number of aromatic nitrogens is 3. The van der Waals surface area contributed by atoms with Crippen LogP contribution in [0.25, 0.3) is 4.96 Å². The Morgan fingerprint density at radius 2 is 2.38 bits per heavy atom. The van der Waals surface area contributed by atoms with E-state index in [-0.39, 0.29) is 5.56 Å². The number of rotatable bonds is 3.